The number of rotatable bonds is 5. The zero-order valence-corrected chi connectivity index (χ0v) is 13.5. The molecule has 5 heteroatoms. The summed E-state index contributed by atoms with van der Waals surface area (Å²) in [7, 11) is 1.70. The van der Waals surface area contributed by atoms with Crippen LogP contribution in [0.4, 0.5) is 5.69 Å². The van der Waals surface area contributed by atoms with Crippen molar-refractivity contribution in [2.75, 3.05) is 18.5 Å². The van der Waals surface area contributed by atoms with Gasteiger partial charge in [-0.25, -0.2) is 0 Å². The van der Waals surface area contributed by atoms with Gasteiger partial charge in [-0.2, -0.15) is 0 Å². The summed E-state index contributed by atoms with van der Waals surface area (Å²) in [6.07, 6.45) is 2.08. The van der Waals surface area contributed by atoms with Crippen LogP contribution in [0.3, 0.4) is 0 Å². The van der Waals surface area contributed by atoms with Crippen LogP contribution in [-0.4, -0.2) is 30.4 Å². The minimum absolute atomic E-state index is 0.0212. The number of hydrogen-bond acceptors (Lipinski definition) is 2. The van der Waals surface area contributed by atoms with E-state index >= 15 is 0 Å². The number of fused-ring (bicyclic) bond motifs is 1. The van der Waals surface area contributed by atoms with Crippen molar-refractivity contribution >= 4 is 28.4 Å². The number of carbonyl (C=O) groups excluding carboxylic acids is 2. The molecule has 0 aliphatic rings. The number of nitrogens with one attached hydrogen (secondary N) is 2. The molecule has 0 atom stereocenters. The molecule has 0 spiro atoms. The Hall–Kier alpha value is -3.08. The molecule has 0 saturated carbocycles. The molecule has 24 heavy (non-hydrogen) atoms. The first-order chi connectivity index (χ1) is 11.6. The van der Waals surface area contributed by atoms with Gasteiger partial charge >= 0.3 is 0 Å². The van der Waals surface area contributed by atoms with Crippen LogP contribution in [0.25, 0.3) is 10.9 Å². The topological polar surface area (TPSA) is 65.2 Å². The summed E-state index contributed by atoms with van der Waals surface area (Å²) in [5.74, 6) is -0.331. The molecular formula is C19H19N3O2. The highest BCUT2D eigenvalue weighted by atomic mass is 16.2. The standard InChI is InChI=1S/C19H19N3O2/c1-22(15-7-3-2-4-8-15)19(24)13-21-18(23)11-14-12-20-17-10-6-5-9-16(14)17/h2-10,12,20H,11,13H2,1H3,(H,21,23). The summed E-state index contributed by atoms with van der Waals surface area (Å²) >= 11 is 0. The number of para-hydroxylation sites is 2. The summed E-state index contributed by atoms with van der Waals surface area (Å²) in [6, 6.07) is 17.2. The largest absolute Gasteiger partial charge is 0.361 e. The molecule has 0 aliphatic heterocycles. The molecule has 2 amide bonds. The normalized spacial score (nSPS) is 10.5. The van der Waals surface area contributed by atoms with Crippen molar-refractivity contribution in [1.29, 1.82) is 0 Å². The van der Waals surface area contributed by atoms with E-state index in [0.717, 1.165) is 22.2 Å². The van der Waals surface area contributed by atoms with Gasteiger partial charge in [0.2, 0.25) is 11.8 Å². The highest BCUT2D eigenvalue weighted by molar-refractivity contribution is 5.97. The molecule has 0 saturated heterocycles. The zero-order chi connectivity index (χ0) is 16.9. The molecule has 0 fully saturated rings. The Labute approximate surface area is 140 Å². The Balaban J connectivity index is 1.57. The molecule has 0 radical (unpaired) electrons. The third-order valence-corrected chi connectivity index (χ3v) is 3.98. The highest BCUT2D eigenvalue weighted by Crippen LogP contribution is 2.18. The Morgan fingerprint density at radius 2 is 1.75 bits per heavy atom. The van der Waals surface area contributed by atoms with Crippen molar-refractivity contribution < 1.29 is 9.59 Å². The molecule has 3 aromatic rings. The minimum atomic E-state index is -0.172. The van der Waals surface area contributed by atoms with Gasteiger partial charge in [0.1, 0.15) is 0 Å². The number of carbonyl (C=O) groups is 2. The maximum Gasteiger partial charge on any atom is 0.246 e. The molecule has 5 nitrogen and oxygen atoms in total. The van der Waals surface area contributed by atoms with Crippen LogP contribution in [0.1, 0.15) is 5.56 Å². The van der Waals surface area contributed by atoms with E-state index < -0.39 is 0 Å². The molecule has 2 aromatic carbocycles. The number of amides is 2. The number of hydrogen-bond donors (Lipinski definition) is 2. The molecule has 1 aromatic heterocycles. The van der Waals surface area contributed by atoms with Gasteiger partial charge in [-0.05, 0) is 23.8 Å². The third-order valence-electron chi connectivity index (χ3n) is 3.98. The van der Waals surface area contributed by atoms with E-state index in [1.807, 2.05) is 60.8 Å². The predicted octanol–water partition coefficient (Wildman–Crippen LogP) is 2.49. The van der Waals surface area contributed by atoms with Crippen molar-refractivity contribution in [1.82, 2.24) is 10.3 Å². The second-order valence-electron chi connectivity index (χ2n) is 5.60. The van der Waals surface area contributed by atoms with Gasteiger partial charge in [0.05, 0.1) is 13.0 Å². The Bertz CT molecular complexity index is 855. The van der Waals surface area contributed by atoms with Crippen molar-refractivity contribution in [3.8, 4) is 0 Å². The number of H-pyrrole nitrogens is 1. The van der Waals surface area contributed by atoms with E-state index in [2.05, 4.69) is 10.3 Å². The molecular weight excluding hydrogens is 302 g/mol. The SMILES string of the molecule is CN(C(=O)CNC(=O)Cc1c[nH]c2ccccc12)c1ccccc1. The quantitative estimate of drug-likeness (QED) is 0.758. The van der Waals surface area contributed by atoms with Gasteiger partial charge in [0.15, 0.2) is 0 Å². The van der Waals surface area contributed by atoms with Crippen LogP contribution in [-0.2, 0) is 16.0 Å². The zero-order valence-electron chi connectivity index (χ0n) is 13.5. The van der Waals surface area contributed by atoms with Gasteiger partial charge in [0.25, 0.3) is 0 Å². The lowest BCUT2D eigenvalue weighted by atomic mass is 10.1. The van der Waals surface area contributed by atoms with Crippen LogP contribution in [0, 0.1) is 0 Å². The number of nitrogens with zero attached hydrogens (tertiary/aromatic N) is 1. The maximum absolute atomic E-state index is 12.2. The fraction of sp³-hybridized carbons (Fsp3) is 0.158. The van der Waals surface area contributed by atoms with E-state index in [1.54, 1.807) is 7.05 Å². The summed E-state index contributed by atoms with van der Waals surface area (Å²) < 4.78 is 0. The minimum Gasteiger partial charge on any atom is -0.361 e. The number of anilines is 1. The number of aromatic amines is 1. The predicted molar refractivity (Wildman–Crippen MR) is 94.9 cm³/mol. The first-order valence-corrected chi connectivity index (χ1v) is 7.78. The average Bonchev–Trinajstić information content (AvgIpc) is 3.03. The second kappa shape index (κ2) is 7.00. The summed E-state index contributed by atoms with van der Waals surface area (Å²) in [4.78, 5) is 29.0. The Kier molecular flexibility index (Phi) is 4.61. The van der Waals surface area contributed by atoms with Crippen LogP contribution < -0.4 is 10.2 Å². The van der Waals surface area contributed by atoms with Crippen molar-refractivity contribution in [3.63, 3.8) is 0 Å². The van der Waals surface area contributed by atoms with E-state index in [4.69, 9.17) is 0 Å². The first kappa shape index (κ1) is 15.8. The number of aromatic nitrogens is 1. The van der Waals surface area contributed by atoms with Gasteiger partial charge in [-0.3, -0.25) is 9.59 Å². The molecule has 0 aliphatic carbocycles. The Morgan fingerprint density at radius 3 is 2.54 bits per heavy atom. The molecule has 122 valence electrons. The van der Waals surface area contributed by atoms with E-state index in [0.29, 0.717) is 0 Å². The highest BCUT2D eigenvalue weighted by Gasteiger charge is 2.13. The second-order valence-corrected chi connectivity index (χ2v) is 5.60. The summed E-state index contributed by atoms with van der Waals surface area (Å²) in [5.41, 5.74) is 2.72. The average molecular weight is 321 g/mol. The van der Waals surface area contributed by atoms with Crippen molar-refractivity contribution in [3.05, 3.63) is 66.4 Å². The Morgan fingerprint density at radius 1 is 1.04 bits per heavy atom. The smallest absolute Gasteiger partial charge is 0.246 e. The van der Waals surface area contributed by atoms with Crippen LogP contribution in [0.15, 0.2) is 60.8 Å². The fourth-order valence-electron chi connectivity index (χ4n) is 2.60. The van der Waals surface area contributed by atoms with E-state index in [-0.39, 0.29) is 24.8 Å². The van der Waals surface area contributed by atoms with Crippen molar-refractivity contribution in [2.45, 2.75) is 6.42 Å². The maximum atomic E-state index is 12.2. The third kappa shape index (κ3) is 3.46. The lowest BCUT2D eigenvalue weighted by Crippen LogP contribution is -2.38. The van der Waals surface area contributed by atoms with Crippen LogP contribution in [0.5, 0.6) is 0 Å². The summed E-state index contributed by atoms with van der Waals surface area (Å²) in [5, 5.41) is 3.72. The number of benzene rings is 2. The monoisotopic (exact) mass is 321 g/mol. The first-order valence-electron chi connectivity index (χ1n) is 7.78. The van der Waals surface area contributed by atoms with Crippen LogP contribution >= 0.6 is 0 Å². The molecule has 3 rings (SSSR count). The fourth-order valence-corrected chi connectivity index (χ4v) is 2.60. The molecule has 1 heterocycles. The van der Waals surface area contributed by atoms with E-state index in [9.17, 15) is 9.59 Å². The van der Waals surface area contributed by atoms with Gasteiger partial charge in [-0.1, -0.05) is 36.4 Å². The van der Waals surface area contributed by atoms with E-state index in [1.165, 1.54) is 4.90 Å². The summed E-state index contributed by atoms with van der Waals surface area (Å²) in [6.45, 7) is -0.0212. The van der Waals surface area contributed by atoms with Gasteiger partial charge in [-0.15, -0.1) is 0 Å². The van der Waals surface area contributed by atoms with Gasteiger partial charge < -0.3 is 15.2 Å². The van der Waals surface area contributed by atoms with Crippen LogP contribution in [0.2, 0.25) is 0 Å². The van der Waals surface area contributed by atoms with Gasteiger partial charge in [0, 0.05) is 29.8 Å². The lowest BCUT2D eigenvalue weighted by molar-refractivity contribution is -0.124. The molecule has 0 unspecified atom stereocenters. The molecule has 0 bridgehead atoms. The molecule has 2 N–H and O–H groups in total. The van der Waals surface area contributed by atoms with Crippen molar-refractivity contribution in [2.24, 2.45) is 0 Å². The number of likely N-dealkylation sites (N-methyl/N-ethyl adjacent to an activating group) is 1. The lowest BCUT2D eigenvalue weighted by Gasteiger charge is -2.17.